The standard InChI is InChI=1S/C18H19FN4O2/c1-12-2-3-13(10-20-12)17(24)23-9-8-16(11-23)22-18(25)21-15-6-4-14(19)5-7-15/h2-7,10,16H,8-9,11H2,1H3,(H2,21,22,25)/t16-/m1/s1. The number of aryl methyl sites for hydroxylation is 1. The number of hydrogen-bond acceptors (Lipinski definition) is 3. The summed E-state index contributed by atoms with van der Waals surface area (Å²) in [6.45, 7) is 2.89. The lowest BCUT2D eigenvalue weighted by molar-refractivity contribution is 0.0789. The Hall–Kier alpha value is -2.96. The zero-order valence-corrected chi connectivity index (χ0v) is 13.8. The molecule has 1 atom stereocenters. The minimum Gasteiger partial charge on any atom is -0.336 e. The number of likely N-dealkylation sites (tertiary alicyclic amines) is 1. The largest absolute Gasteiger partial charge is 0.336 e. The highest BCUT2D eigenvalue weighted by Crippen LogP contribution is 2.14. The Labute approximate surface area is 145 Å². The van der Waals surface area contributed by atoms with Gasteiger partial charge in [-0.3, -0.25) is 9.78 Å². The molecule has 0 saturated carbocycles. The van der Waals surface area contributed by atoms with E-state index in [0.717, 1.165) is 5.69 Å². The van der Waals surface area contributed by atoms with Crippen molar-refractivity contribution in [2.75, 3.05) is 18.4 Å². The van der Waals surface area contributed by atoms with Crippen molar-refractivity contribution in [2.24, 2.45) is 0 Å². The van der Waals surface area contributed by atoms with E-state index in [4.69, 9.17) is 0 Å². The average molecular weight is 342 g/mol. The van der Waals surface area contributed by atoms with Crippen LogP contribution >= 0.6 is 0 Å². The first-order chi connectivity index (χ1) is 12.0. The number of nitrogens with zero attached hydrogens (tertiary/aromatic N) is 2. The number of urea groups is 1. The van der Waals surface area contributed by atoms with Crippen LogP contribution in [-0.4, -0.2) is 41.0 Å². The van der Waals surface area contributed by atoms with Crippen LogP contribution in [0.25, 0.3) is 0 Å². The highest BCUT2D eigenvalue weighted by atomic mass is 19.1. The van der Waals surface area contributed by atoms with Crippen LogP contribution in [0.2, 0.25) is 0 Å². The predicted octanol–water partition coefficient (Wildman–Crippen LogP) is 2.57. The van der Waals surface area contributed by atoms with Crippen molar-refractivity contribution in [3.05, 3.63) is 59.7 Å². The van der Waals surface area contributed by atoms with Gasteiger partial charge in [-0.15, -0.1) is 0 Å². The lowest BCUT2D eigenvalue weighted by atomic mass is 10.2. The van der Waals surface area contributed by atoms with Crippen molar-refractivity contribution in [1.29, 1.82) is 0 Å². The number of carbonyl (C=O) groups is 2. The Morgan fingerprint density at radius 3 is 2.64 bits per heavy atom. The van der Waals surface area contributed by atoms with Crippen LogP contribution in [-0.2, 0) is 0 Å². The van der Waals surface area contributed by atoms with Crippen LogP contribution in [0.5, 0.6) is 0 Å². The zero-order valence-electron chi connectivity index (χ0n) is 13.8. The molecule has 3 rings (SSSR count). The second-order valence-electron chi connectivity index (χ2n) is 6.03. The SMILES string of the molecule is Cc1ccc(C(=O)N2CC[C@@H](NC(=O)Nc3ccc(F)cc3)C2)cn1. The van der Waals surface area contributed by atoms with Crippen LogP contribution in [0.4, 0.5) is 14.9 Å². The van der Waals surface area contributed by atoms with Crippen molar-refractivity contribution in [3.63, 3.8) is 0 Å². The molecule has 1 aromatic heterocycles. The molecule has 1 saturated heterocycles. The Morgan fingerprint density at radius 2 is 1.96 bits per heavy atom. The molecule has 6 nitrogen and oxygen atoms in total. The minimum absolute atomic E-state index is 0.0873. The van der Waals surface area contributed by atoms with Crippen molar-refractivity contribution < 1.29 is 14.0 Å². The summed E-state index contributed by atoms with van der Waals surface area (Å²) >= 11 is 0. The number of aromatic nitrogens is 1. The molecule has 1 aliphatic rings. The summed E-state index contributed by atoms with van der Waals surface area (Å²) in [6.07, 6.45) is 2.25. The summed E-state index contributed by atoms with van der Waals surface area (Å²) in [5.74, 6) is -0.447. The summed E-state index contributed by atoms with van der Waals surface area (Å²) < 4.78 is 12.9. The smallest absolute Gasteiger partial charge is 0.319 e. The van der Waals surface area contributed by atoms with E-state index in [9.17, 15) is 14.0 Å². The molecule has 2 aromatic rings. The molecule has 3 amide bonds. The fourth-order valence-corrected chi connectivity index (χ4v) is 2.73. The molecule has 0 spiro atoms. The minimum atomic E-state index is -0.372. The number of halogens is 1. The molecular formula is C18H19FN4O2. The monoisotopic (exact) mass is 342 g/mol. The molecule has 0 radical (unpaired) electrons. The number of benzene rings is 1. The summed E-state index contributed by atoms with van der Waals surface area (Å²) in [7, 11) is 0. The number of rotatable bonds is 3. The molecule has 2 heterocycles. The molecule has 1 fully saturated rings. The van der Waals surface area contributed by atoms with Gasteiger partial charge in [-0.1, -0.05) is 0 Å². The molecule has 0 unspecified atom stereocenters. The maximum atomic E-state index is 12.9. The third-order valence-corrected chi connectivity index (χ3v) is 4.07. The third kappa shape index (κ3) is 4.32. The van der Waals surface area contributed by atoms with E-state index in [-0.39, 0.29) is 23.8 Å². The molecule has 1 aromatic carbocycles. The molecule has 0 bridgehead atoms. The van der Waals surface area contributed by atoms with Gasteiger partial charge in [0, 0.05) is 36.7 Å². The second-order valence-corrected chi connectivity index (χ2v) is 6.03. The van der Waals surface area contributed by atoms with Gasteiger partial charge in [-0.25, -0.2) is 9.18 Å². The van der Waals surface area contributed by atoms with Gasteiger partial charge in [0.2, 0.25) is 0 Å². The van der Waals surface area contributed by atoms with Gasteiger partial charge >= 0.3 is 6.03 Å². The number of carbonyl (C=O) groups excluding carboxylic acids is 2. The van der Waals surface area contributed by atoms with Crippen LogP contribution in [0, 0.1) is 12.7 Å². The van der Waals surface area contributed by atoms with E-state index in [1.165, 1.54) is 24.3 Å². The van der Waals surface area contributed by atoms with Gasteiger partial charge in [-0.2, -0.15) is 0 Å². The predicted molar refractivity (Wildman–Crippen MR) is 91.8 cm³/mol. The molecular weight excluding hydrogens is 323 g/mol. The Kier molecular flexibility index (Phi) is 4.92. The van der Waals surface area contributed by atoms with E-state index in [1.807, 2.05) is 6.92 Å². The molecule has 2 N–H and O–H groups in total. The fourth-order valence-electron chi connectivity index (χ4n) is 2.73. The van der Waals surface area contributed by atoms with Gasteiger partial charge < -0.3 is 15.5 Å². The average Bonchev–Trinajstić information content (AvgIpc) is 3.05. The molecule has 25 heavy (non-hydrogen) atoms. The van der Waals surface area contributed by atoms with Crippen LogP contribution in [0.1, 0.15) is 22.5 Å². The van der Waals surface area contributed by atoms with Gasteiger partial charge in [0.05, 0.1) is 5.56 Å². The first-order valence-electron chi connectivity index (χ1n) is 8.06. The van der Waals surface area contributed by atoms with Crippen LogP contribution in [0.15, 0.2) is 42.6 Å². The van der Waals surface area contributed by atoms with E-state index in [1.54, 1.807) is 23.2 Å². The first kappa shape index (κ1) is 16.9. The van der Waals surface area contributed by atoms with Crippen molar-refractivity contribution >= 4 is 17.6 Å². The molecule has 0 aliphatic carbocycles. The van der Waals surface area contributed by atoms with E-state index in [2.05, 4.69) is 15.6 Å². The van der Waals surface area contributed by atoms with Gasteiger partial charge in [-0.05, 0) is 49.7 Å². The molecule has 1 aliphatic heterocycles. The highest BCUT2D eigenvalue weighted by molar-refractivity contribution is 5.94. The summed E-state index contributed by atoms with van der Waals surface area (Å²) in [5, 5.41) is 5.48. The van der Waals surface area contributed by atoms with Crippen molar-refractivity contribution in [1.82, 2.24) is 15.2 Å². The summed E-state index contributed by atoms with van der Waals surface area (Å²) in [6, 6.07) is 8.60. The number of amides is 3. The topological polar surface area (TPSA) is 74.3 Å². The number of anilines is 1. The maximum absolute atomic E-state index is 12.9. The van der Waals surface area contributed by atoms with Crippen LogP contribution in [0.3, 0.4) is 0 Å². The van der Waals surface area contributed by atoms with E-state index < -0.39 is 0 Å². The molecule has 130 valence electrons. The number of nitrogens with one attached hydrogen (secondary N) is 2. The normalized spacial score (nSPS) is 16.6. The lowest BCUT2D eigenvalue weighted by Gasteiger charge is -2.17. The van der Waals surface area contributed by atoms with Gasteiger partial charge in [0.25, 0.3) is 5.91 Å². The number of pyridine rings is 1. The summed E-state index contributed by atoms with van der Waals surface area (Å²) in [4.78, 5) is 30.3. The quantitative estimate of drug-likeness (QED) is 0.900. The summed E-state index contributed by atoms with van der Waals surface area (Å²) in [5.41, 5.74) is 1.91. The van der Waals surface area contributed by atoms with Crippen LogP contribution < -0.4 is 10.6 Å². The van der Waals surface area contributed by atoms with Gasteiger partial charge in [0.15, 0.2) is 0 Å². The zero-order chi connectivity index (χ0) is 17.8. The number of hydrogen-bond donors (Lipinski definition) is 2. The van der Waals surface area contributed by atoms with Crippen molar-refractivity contribution in [2.45, 2.75) is 19.4 Å². The van der Waals surface area contributed by atoms with Crippen molar-refractivity contribution in [3.8, 4) is 0 Å². The Morgan fingerprint density at radius 1 is 1.20 bits per heavy atom. The maximum Gasteiger partial charge on any atom is 0.319 e. The Bertz CT molecular complexity index is 762. The van der Waals surface area contributed by atoms with E-state index >= 15 is 0 Å². The van der Waals surface area contributed by atoms with Gasteiger partial charge in [0.1, 0.15) is 5.82 Å². The first-order valence-corrected chi connectivity index (χ1v) is 8.06. The highest BCUT2D eigenvalue weighted by Gasteiger charge is 2.28. The van der Waals surface area contributed by atoms with E-state index in [0.29, 0.717) is 30.8 Å². The third-order valence-electron chi connectivity index (χ3n) is 4.07. The fraction of sp³-hybridized carbons (Fsp3) is 0.278. The second kappa shape index (κ2) is 7.29. The Balaban J connectivity index is 1.52. The molecule has 7 heteroatoms. The lowest BCUT2D eigenvalue weighted by Crippen LogP contribution is -2.40.